The highest BCUT2D eigenvalue weighted by Gasteiger charge is 2.11. The van der Waals surface area contributed by atoms with E-state index < -0.39 is 0 Å². The van der Waals surface area contributed by atoms with Crippen LogP contribution in [0.25, 0.3) is 10.8 Å². The van der Waals surface area contributed by atoms with Crippen LogP contribution in [0.2, 0.25) is 0 Å². The van der Waals surface area contributed by atoms with E-state index in [1.807, 2.05) is 30.3 Å². The molecule has 11 heteroatoms. The number of amides is 1. The van der Waals surface area contributed by atoms with Crippen molar-refractivity contribution in [2.75, 3.05) is 58.7 Å². The van der Waals surface area contributed by atoms with E-state index in [9.17, 15) is 4.79 Å². The van der Waals surface area contributed by atoms with Crippen LogP contribution in [-0.4, -0.2) is 63.5 Å². The zero-order valence-corrected chi connectivity index (χ0v) is 22.3. The number of carbonyl (C=O) groups is 1. The zero-order chi connectivity index (χ0) is 28.0. The average Bonchev–Trinajstić information content (AvgIpc) is 2.95. The number of hydrogen-bond donors (Lipinski definition) is 4. The van der Waals surface area contributed by atoms with Gasteiger partial charge in [-0.3, -0.25) is 4.79 Å². The fourth-order valence-corrected chi connectivity index (χ4v) is 3.49. The molecule has 0 unspecified atom stereocenters. The molecule has 0 aliphatic carbocycles. The van der Waals surface area contributed by atoms with Crippen LogP contribution in [-0.2, 0) is 9.47 Å². The maximum absolute atomic E-state index is 12.5. The summed E-state index contributed by atoms with van der Waals surface area (Å²) in [5, 5.41) is 7.68. The number of methoxy groups -OCH3 is 3. The second-order valence-electron chi connectivity index (χ2n) is 8.12. The van der Waals surface area contributed by atoms with Crippen molar-refractivity contribution in [1.29, 1.82) is 0 Å². The highest BCUT2D eigenvalue weighted by atomic mass is 16.5. The van der Waals surface area contributed by atoms with Gasteiger partial charge in [-0.25, -0.2) is 4.98 Å². The summed E-state index contributed by atoms with van der Waals surface area (Å²) in [4.78, 5) is 21.2. The second kappa shape index (κ2) is 16.5. The Labute approximate surface area is 234 Å². The van der Waals surface area contributed by atoms with Crippen molar-refractivity contribution < 1.29 is 23.7 Å². The Hall–Kier alpha value is -4.45. The Balaban J connectivity index is 0.000000858. The van der Waals surface area contributed by atoms with E-state index in [1.54, 1.807) is 50.7 Å². The van der Waals surface area contributed by atoms with E-state index in [-0.39, 0.29) is 13.3 Å². The van der Waals surface area contributed by atoms with Crippen molar-refractivity contribution in [2.24, 2.45) is 5.73 Å². The number of rotatable bonds is 11. The molecule has 1 heterocycles. The molecule has 0 aliphatic heterocycles. The first-order valence-electron chi connectivity index (χ1n) is 12.2. The lowest BCUT2D eigenvalue weighted by atomic mass is 10.1. The number of fused-ring (bicyclic) bond motifs is 1. The smallest absolute Gasteiger partial charge is 0.251 e. The fraction of sp³-hybridized carbons (Fsp3) is 0.276. The second-order valence-corrected chi connectivity index (χ2v) is 8.12. The third-order valence-electron chi connectivity index (χ3n) is 5.34. The van der Waals surface area contributed by atoms with Gasteiger partial charge >= 0.3 is 0 Å². The molecule has 0 saturated carbocycles. The van der Waals surface area contributed by atoms with Gasteiger partial charge in [-0.15, -0.1) is 0 Å². The molecule has 4 rings (SSSR count). The van der Waals surface area contributed by atoms with Gasteiger partial charge in [-0.1, -0.05) is 31.7 Å². The highest BCUT2D eigenvalue weighted by Crippen LogP contribution is 2.33. The molecule has 11 nitrogen and oxygen atoms in total. The molecule has 40 heavy (non-hydrogen) atoms. The molecule has 1 amide bonds. The molecule has 0 aliphatic rings. The van der Waals surface area contributed by atoms with Crippen LogP contribution in [0.5, 0.6) is 17.4 Å². The van der Waals surface area contributed by atoms with Gasteiger partial charge in [0, 0.05) is 73.3 Å². The lowest BCUT2D eigenvalue weighted by Crippen LogP contribution is -2.27. The molecule has 0 spiro atoms. The SMILES string of the molecule is C.COCCN.COCCNC(=O)c1cc(Nc2nccc(Oc3ccc(N)c4ccccc34)n2)cc(OC)c1. The number of nitrogens with two attached hydrogens (primary N) is 2. The van der Waals surface area contributed by atoms with E-state index in [4.69, 9.17) is 25.7 Å². The molecule has 0 radical (unpaired) electrons. The number of nitrogen functional groups attached to an aromatic ring is 1. The van der Waals surface area contributed by atoms with Crippen LogP contribution in [0.3, 0.4) is 0 Å². The molecule has 0 saturated heterocycles. The lowest BCUT2D eigenvalue weighted by molar-refractivity contribution is 0.0936. The minimum Gasteiger partial charge on any atom is -0.497 e. The number of nitrogens with zero attached hydrogens (tertiary/aromatic N) is 2. The van der Waals surface area contributed by atoms with E-state index in [2.05, 4.69) is 25.3 Å². The molecule has 4 aromatic rings. The van der Waals surface area contributed by atoms with Gasteiger partial charge in [-0.05, 0) is 24.3 Å². The van der Waals surface area contributed by atoms with Crippen LogP contribution < -0.4 is 31.6 Å². The summed E-state index contributed by atoms with van der Waals surface area (Å²) in [6.07, 6.45) is 1.59. The van der Waals surface area contributed by atoms with Gasteiger partial charge in [0.05, 0.1) is 20.3 Å². The van der Waals surface area contributed by atoms with Gasteiger partial charge in [0.25, 0.3) is 5.91 Å². The van der Waals surface area contributed by atoms with Gasteiger partial charge in [-0.2, -0.15) is 4.98 Å². The van der Waals surface area contributed by atoms with Gasteiger partial charge in [0.1, 0.15) is 11.5 Å². The molecule has 1 aromatic heterocycles. The van der Waals surface area contributed by atoms with Crippen LogP contribution >= 0.6 is 0 Å². The molecule has 0 fully saturated rings. The van der Waals surface area contributed by atoms with E-state index >= 15 is 0 Å². The maximum Gasteiger partial charge on any atom is 0.251 e. The summed E-state index contributed by atoms with van der Waals surface area (Å²) in [6.45, 7) is 2.11. The number of hydrogen-bond acceptors (Lipinski definition) is 10. The van der Waals surface area contributed by atoms with Crippen molar-refractivity contribution >= 4 is 34.0 Å². The topological polar surface area (TPSA) is 156 Å². The molecular formula is C29H38N6O5. The predicted octanol–water partition coefficient (Wildman–Crippen LogP) is 4.36. The molecule has 0 atom stereocenters. The fourth-order valence-electron chi connectivity index (χ4n) is 3.49. The first-order chi connectivity index (χ1) is 19.0. The van der Waals surface area contributed by atoms with E-state index in [0.29, 0.717) is 66.6 Å². The van der Waals surface area contributed by atoms with Crippen molar-refractivity contribution in [3.63, 3.8) is 0 Å². The van der Waals surface area contributed by atoms with E-state index in [1.165, 1.54) is 7.11 Å². The first-order valence-corrected chi connectivity index (χ1v) is 12.2. The molecular weight excluding hydrogens is 512 g/mol. The van der Waals surface area contributed by atoms with E-state index in [0.717, 1.165) is 10.8 Å². The van der Waals surface area contributed by atoms with Gasteiger partial charge in [0.2, 0.25) is 11.8 Å². The maximum atomic E-state index is 12.5. The van der Waals surface area contributed by atoms with Crippen molar-refractivity contribution in [3.05, 3.63) is 72.4 Å². The Bertz CT molecular complexity index is 1370. The Morgan fingerprint density at radius 1 is 0.950 bits per heavy atom. The monoisotopic (exact) mass is 550 g/mol. The average molecular weight is 551 g/mol. The minimum atomic E-state index is -0.243. The summed E-state index contributed by atoms with van der Waals surface area (Å²) in [7, 11) is 4.74. The third-order valence-corrected chi connectivity index (χ3v) is 5.34. The van der Waals surface area contributed by atoms with Crippen LogP contribution in [0.4, 0.5) is 17.3 Å². The summed E-state index contributed by atoms with van der Waals surface area (Å²) in [6, 6.07) is 18.1. The molecule has 6 N–H and O–H groups in total. The van der Waals surface area contributed by atoms with Crippen molar-refractivity contribution in [3.8, 4) is 17.4 Å². The quantitative estimate of drug-likeness (QED) is 0.156. The third kappa shape index (κ3) is 9.09. The van der Waals surface area contributed by atoms with Crippen LogP contribution in [0.1, 0.15) is 17.8 Å². The van der Waals surface area contributed by atoms with Gasteiger partial charge < -0.3 is 41.0 Å². The highest BCUT2D eigenvalue weighted by molar-refractivity contribution is 5.97. The van der Waals surface area contributed by atoms with Crippen LogP contribution in [0, 0.1) is 0 Å². The lowest BCUT2D eigenvalue weighted by Gasteiger charge is -2.12. The number of carbonyl (C=O) groups excluding carboxylic acids is 1. The largest absolute Gasteiger partial charge is 0.497 e. The Morgan fingerprint density at radius 2 is 1.70 bits per heavy atom. The summed E-state index contributed by atoms with van der Waals surface area (Å²) in [5.41, 5.74) is 12.8. The molecule has 0 bridgehead atoms. The summed E-state index contributed by atoms with van der Waals surface area (Å²) < 4.78 is 20.9. The Kier molecular flexibility index (Phi) is 13.1. The van der Waals surface area contributed by atoms with Crippen LogP contribution in [0.15, 0.2) is 66.9 Å². The Morgan fingerprint density at radius 3 is 2.38 bits per heavy atom. The molecule has 3 aromatic carbocycles. The number of ether oxygens (including phenoxy) is 4. The number of benzene rings is 3. The van der Waals surface area contributed by atoms with Crippen molar-refractivity contribution in [1.82, 2.24) is 15.3 Å². The summed E-state index contributed by atoms with van der Waals surface area (Å²) in [5.74, 6) is 1.56. The predicted molar refractivity (Wildman–Crippen MR) is 159 cm³/mol. The number of anilines is 3. The van der Waals surface area contributed by atoms with Gasteiger partial charge in [0.15, 0.2) is 0 Å². The normalized spacial score (nSPS) is 10.1. The standard InChI is InChI=1S/C25H25N5O4.C3H9NO.CH4/c1-32-12-11-27-24(31)16-13-17(15-18(14-16)33-2)29-25-28-10-9-23(30-25)34-22-8-7-21(26)19-5-3-4-6-20(19)22;1-5-3-2-4;/h3-10,13-15H,11-12,26H2,1-2H3,(H,27,31)(H,28,29,30);2-4H2,1H3;1H4. The minimum absolute atomic E-state index is 0. The number of aromatic nitrogens is 2. The first kappa shape index (κ1) is 31.8. The van der Waals surface area contributed by atoms with Crippen molar-refractivity contribution in [2.45, 2.75) is 7.43 Å². The molecule has 214 valence electrons. The summed E-state index contributed by atoms with van der Waals surface area (Å²) >= 11 is 0. The number of nitrogens with one attached hydrogen (secondary N) is 2. The zero-order valence-electron chi connectivity index (χ0n) is 22.3.